The lowest BCUT2D eigenvalue weighted by molar-refractivity contribution is -0.122. The monoisotopic (exact) mass is 346 g/mol. The van der Waals surface area contributed by atoms with Crippen molar-refractivity contribution in [3.63, 3.8) is 0 Å². The van der Waals surface area contributed by atoms with Gasteiger partial charge in [-0.2, -0.15) is 5.10 Å². The minimum absolute atomic E-state index is 0.0816. The minimum Gasteiger partial charge on any atom is -0.273 e. The van der Waals surface area contributed by atoms with Crippen molar-refractivity contribution in [3.05, 3.63) is 46.5 Å². The molecule has 0 spiro atoms. The Labute approximate surface area is 133 Å². The summed E-state index contributed by atoms with van der Waals surface area (Å²) in [5, 5.41) is 4.09. The Morgan fingerprint density at radius 1 is 1.24 bits per heavy atom. The SMILES string of the molecule is O=C(N/N=C\c1cccc(Br)c1)C1[C@H]2CC/C=C\CC[C@H]12. The average molecular weight is 347 g/mol. The van der Waals surface area contributed by atoms with Gasteiger partial charge in [0.15, 0.2) is 0 Å². The Balaban J connectivity index is 1.53. The topological polar surface area (TPSA) is 41.5 Å². The molecule has 1 amide bonds. The van der Waals surface area contributed by atoms with E-state index in [-0.39, 0.29) is 11.8 Å². The Morgan fingerprint density at radius 2 is 1.95 bits per heavy atom. The lowest BCUT2D eigenvalue weighted by Gasteiger charge is -1.99. The number of carbonyl (C=O) groups is 1. The molecule has 1 saturated carbocycles. The van der Waals surface area contributed by atoms with E-state index in [1.807, 2.05) is 24.3 Å². The summed E-state index contributed by atoms with van der Waals surface area (Å²) in [6, 6.07) is 7.83. The van der Waals surface area contributed by atoms with Crippen LogP contribution in [0.15, 0.2) is 46.0 Å². The van der Waals surface area contributed by atoms with Gasteiger partial charge >= 0.3 is 0 Å². The number of nitrogens with zero attached hydrogens (tertiary/aromatic N) is 1. The second-order valence-electron chi connectivity index (χ2n) is 5.77. The summed E-state index contributed by atoms with van der Waals surface area (Å²) in [5.74, 6) is 1.38. The van der Waals surface area contributed by atoms with E-state index in [1.54, 1.807) is 6.21 Å². The van der Waals surface area contributed by atoms with E-state index in [2.05, 4.69) is 38.6 Å². The highest BCUT2D eigenvalue weighted by Crippen LogP contribution is 2.52. The first-order valence-electron chi connectivity index (χ1n) is 7.49. The predicted octanol–water partition coefficient (Wildman–Crippen LogP) is 3.89. The highest BCUT2D eigenvalue weighted by Gasteiger charge is 2.53. The van der Waals surface area contributed by atoms with Crippen molar-refractivity contribution < 1.29 is 4.79 Å². The van der Waals surface area contributed by atoms with Crippen LogP contribution >= 0.6 is 15.9 Å². The molecule has 0 aliphatic heterocycles. The van der Waals surface area contributed by atoms with Crippen molar-refractivity contribution in [1.82, 2.24) is 5.43 Å². The zero-order valence-electron chi connectivity index (χ0n) is 11.8. The summed E-state index contributed by atoms with van der Waals surface area (Å²) in [4.78, 5) is 12.2. The van der Waals surface area contributed by atoms with Crippen LogP contribution in [0.5, 0.6) is 0 Å². The maximum atomic E-state index is 12.2. The zero-order chi connectivity index (χ0) is 14.7. The number of hydrazone groups is 1. The molecule has 4 heteroatoms. The molecule has 0 radical (unpaired) electrons. The average Bonchev–Trinajstić information content (AvgIpc) is 3.10. The van der Waals surface area contributed by atoms with Gasteiger partial charge in [-0.05, 0) is 55.2 Å². The standard InChI is InChI=1S/C17H19BrN2O/c18-13-7-5-6-12(10-13)11-19-20-17(21)16-14-8-3-1-2-4-9-15(14)16/h1-2,5-7,10-11,14-16H,3-4,8-9H2,(H,20,21)/b2-1-,19-11-/t14-,15-/m0/s1. The molecule has 0 bridgehead atoms. The van der Waals surface area contributed by atoms with E-state index in [1.165, 1.54) is 0 Å². The summed E-state index contributed by atoms with van der Waals surface area (Å²) in [5.41, 5.74) is 3.67. The minimum atomic E-state index is 0.0816. The number of benzene rings is 1. The second kappa shape index (κ2) is 6.56. The fourth-order valence-electron chi connectivity index (χ4n) is 3.27. The van der Waals surface area contributed by atoms with Crippen molar-refractivity contribution in [2.45, 2.75) is 25.7 Å². The summed E-state index contributed by atoms with van der Waals surface area (Å²) in [6.45, 7) is 0. The first kappa shape index (κ1) is 14.5. The number of fused-ring (bicyclic) bond motifs is 1. The molecule has 0 unspecified atom stereocenters. The van der Waals surface area contributed by atoms with Crippen LogP contribution in [-0.4, -0.2) is 12.1 Å². The van der Waals surface area contributed by atoms with Gasteiger partial charge in [0, 0.05) is 10.4 Å². The molecule has 2 aliphatic carbocycles. The maximum absolute atomic E-state index is 12.2. The first-order valence-corrected chi connectivity index (χ1v) is 8.28. The number of nitrogens with one attached hydrogen (secondary N) is 1. The van der Waals surface area contributed by atoms with Crippen molar-refractivity contribution >= 4 is 28.1 Å². The van der Waals surface area contributed by atoms with Crippen molar-refractivity contribution in [2.75, 3.05) is 0 Å². The third-order valence-electron chi connectivity index (χ3n) is 4.37. The summed E-state index contributed by atoms with van der Waals surface area (Å²) in [7, 11) is 0. The molecule has 0 aromatic heterocycles. The molecule has 0 saturated heterocycles. The van der Waals surface area contributed by atoms with Gasteiger partial charge < -0.3 is 0 Å². The molecule has 2 atom stereocenters. The lowest BCUT2D eigenvalue weighted by atomic mass is 10.1. The fourth-order valence-corrected chi connectivity index (χ4v) is 3.68. The number of rotatable bonds is 3. The van der Waals surface area contributed by atoms with E-state index in [0.717, 1.165) is 35.7 Å². The molecule has 1 N–H and O–H groups in total. The lowest BCUT2D eigenvalue weighted by Crippen LogP contribution is -2.21. The number of amides is 1. The quantitative estimate of drug-likeness (QED) is 0.503. The summed E-state index contributed by atoms with van der Waals surface area (Å²) >= 11 is 3.42. The molecule has 3 rings (SSSR count). The van der Waals surface area contributed by atoms with Crippen molar-refractivity contribution in [1.29, 1.82) is 0 Å². The molecule has 2 aliphatic rings. The number of halogens is 1. The van der Waals surface area contributed by atoms with Gasteiger partial charge in [0.05, 0.1) is 6.21 Å². The highest BCUT2D eigenvalue weighted by molar-refractivity contribution is 9.10. The Hall–Kier alpha value is -1.42. The normalized spacial score (nSPS) is 29.3. The van der Waals surface area contributed by atoms with Crippen molar-refractivity contribution in [2.24, 2.45) is 22.9 Å². The number of hydrogen-bond acceptors (Lipinski definition) is 2. The third-order valence-corrected chi connectivity index (χ3v) is 4.86. The number of carbonyl (C=O) groups excluding carboxylic acids is 1. The van der Waals surface area contributed by atoms with Gasteiger partial charge in [-0.15, -0.1) is 0 Å². The Bertz CT molecular complexity index is 566. The maximum Gasteiger partial charge on any atom is 0.243 e. The van der Waals surface area contributed by atoms with Gasteiger partial charge in [-0.3, -0.25) is 4.79 Å². The number of hydrogen-bond donors (Lipinski definition) is 1. The van der Waals surface area contributed by atoms with E-state index < -0.39 is 0 Å². The predicted molar refractivity (Wildman–Crippen MR) is 88.0 cm³/mol. The molecule has 3 nitrogen and oxygen atoms in total. The van der Waals surface area contributed by atoms with Crippen LogP contribution in [0.4, 0.5) is 0 Å². The smallest absolute Gasteiger partial charge is 0.243 e. The van der Waals surface area contributed by atoms with Gasteiger partial charge in [0.1, 0.15) is 0 Å². The number of allylic oxidation sites excluding steroid dienone is 2. The Kier molecular flexibility index (Phi) is 4.54. The molecule has 1 aromatic carbocycles. The van der Waals surface area contributed by atoms with Gasteiger partial charge in [-0.25, -0.2) is 5.43 Å². The largest absolute Gasteiger partial charge is 0.273 e. The molecular formula is C17H19BrN2O. The van der Waals surface area contributed by atoms with Crippen LogP contribution in [0.1, 0.15) is 31.2 Å². The van der Waals surface area contributed by atoms with Gasteiger partial charge in [0.2, 0.25) is 5.91 Å². The molecule has 1 aromatic rings. The van der Waals surface area contributed by atoms with Crippen LogP contribution < -0.4 is 5.43 Å². The van der Waals surface area contributed by atoms with E-state index in [9.17, 15) is 4.79 Å². The van der Waals surface area contributed by atoms with E-state index in [0.29, 0.717) is 11.8 Å². The molecule has 0 heterocycles. The third kappa shape index (κ3) is 3.62. The molecular weight excluding hydrogens is 328 g/mol. The second-order valence-corrected chi connectivity index (χ2v) is 6.68. The fraction of sp³-hybridized carbons (Fsp3) is 0.412. The van der Waals surface area contributed by atoms with Crippen molar-refractivity contribution in [3.8, 4) is 0 Å². The van der Waals surface area contributed by atoms with Crippen LogP contribution in [-0.2, 0) is 4.79 Å². The van der Waals surface area contributed by atoms with Gasteiger partial charge in [0.25, 0.3) is 0 Å². The van der Waals surface area contributed by atoms with Crippen LogP contribution in [0.3, 0.4) is 0 Å². The van der Waals surface area contributed by atoms with Gasteiger partial charge in [-0.1, -0.05) is 40.2 Å². The molecule has 21 heavy (non-hydrogen) atoms. The summed E-state index contributed by atoms with van der Waals surface area (Å²) < 4.78 is 1.01. The molecule has 110 valence electrons. The first-order chi connectivity index (χ1) is 10.3. The zero-order valence-corrected chi connectivity index (χ0v) is 13.4. The van der Waals surface area contributed by atoms with Crippen LogP contribution in [0.2, 0.25) is 0 Å². The van der Waals surface area contributed by atoms with Crippen LogP contribution in [0.25, 0.3) is 0 Å². The Morgan fingerprint density at radius 3 is 2.62 bits per heavy atom. The van der Waals surface area contributed by atoms with Crippen LogP contribution in [0, 0.1) is 17.8 Å². The summed E-state index contributed by atoms with van der Waals surface area (Å²) in [6.07, 6.45) is 10.7. The molecule has 1 fully saturated rings. The van der Waals surface area contributed by atoms with E-state index in [4.69, 9.17) is 0 Å². The van der Waals surface area contributed by atoms with E-state index >= 15 is 0 Å². The highest BCUT2D eigenvalue weighted by atomic mass is 79.9.